The number of nitrogens with two attached hydrogens (primary N) is 1. The Hall–Kier alpha value is -0.950. The highest BCUT2D eigenvalue weighted by molar-refractivity contribution is 7.99. The van der Waals surface area contributed by atoms with Gasteiger partial charge in [-0.1, -0.05) is 24.2 Å². The van der Waals surface area contributed by atoms with Gasteiger partial charge in [0.05, 0.1) is 0 Å². The topological polar surface area (TPSA) is 80.0 Å². The number of hydrogen-bond acceptors (Lipinski definition) is 6. The smallest absolute Gasteiger partial charge is 0.265 e. The molecule has 1 heterocycles. The highest BCUT2D eigenvalue weighted by Crippen LogP contribution is 2.31. The Morgan fingerprint density at radius 3 is 2.81 bits per heavy atom. The van der Waals surface area contributed by atoms with E-state index in [1.54, 1.807) is 0 Å². The largest absolute Gasteiger partial charge is 0.382 e. The van der Waals surface area contributed by atoms with Crippen LogP contribution in [0.4, 0.5) is 10.9 Å². The number of anilines is 2. The molecule has 2 aliphatic rings. The van der Waals surface area contributed by atoms with Crippen LogP contribution < -0.4 is 16.4 Å². The Kier molecular flexibility index (Phi) is 4.59. The van der Waals surface area contributed by atoms with E-state index in [2.05, 4.69) is 21.9 Å². The molecule has 2 atom stereocenters. The molecule has 4 N–H and O–H groups in total. The summed E-state index contributed by atoms with van der Waals surface area (Å²) in [5.41, 5.74) is 5.90. The third kappa shape index (κ3) is 3.63. The van der Waals surface area contributed by atoms with E-state index in [4.69, 9.17) is 5.73 Å². The first-order chi connectivity index (χ1) is 10.2. The van der Waals surface area contributed by atoms with Gasteiger partial charge in [-0.05, 0) is 31.9 Å². The van der Waals surface area contributed by atoms with Crippen molar-refractivity contribution in [1.82, 2.24) is 10.3 Å². The molecule has 0 aromatic carbocycles. The van der Waals surface area contributed by atoms with Gasteiger partial charge < -0.3 is 16.4 Å². The molecule has 2 aliphatic carbocycles. The van der Waals surface area contributed by atoms with E-state index in [0.29, 0.717) is 22.0 Å². The third-order valence-corrected chi connectivity index (χ3v) is 6.26. The first-order valence-corrected chi connectivity index (χ1v) is 9.64. The van der Waals surface area contributed by atoms with Crippen LogP contribution in [0, 0.1) is 0 Å². The van der Waals surface area contributed by atoms with Crippen LogP contribution in [0.15, 0.2) is 0 Å². The lowest BCUT2D eigenvalue weighted by Gasteiger charge is -2.30. The van der Waals surface area contributed by atoms with Crippen molar-refractivity contribution >= 4 is 40.0 Å². The van der Waals surface area contributed by atoms with Crippen LogP contribution in [0.3, 0.4) is 0 Å². The molecule has 2 unspecified atom stereocenters. The molecule has 0 bridgehead atoms. The Labute approximate surface area is 133 Å². The van der Waals surface area contributed by atoms with Gasteiger partial charge in [0, 0.05) is 17.3 Å². The average Bonchev–Trinajstić information content (AvgIpc) is 3.21. The Morgan fingerprint density at radius 2 is 2.10 bits per heavy atom. The fourth-order valence-corrected chi connectivity index (χ4v) is 4.54. The molecule has 2 saturated carbocycles. The predicted molar refractivity (Wildman–Crippen MR) is 90.2 cm³/mol. The quantitative estimate of drug-likeness (QED) is 0.775. The number of carbonyl (C=O) groups is 1. The summed E-state index contributed by atoms with van der Waals surface area (Å²) in [6.45, 7) is 0. The Bertz CT molecular complexity index is 515. The van der Waals surface area contributed by atoms with Gasteiger partial charge in [0.1, 0.15) is 10.7 Å². The second-order valence-corrected chi connectivity index (χ2v) is 7.87. The minimum atomic E-state index is -0.0696. The third-order valence-electron chi connectivity index (χ3n) is 4.09. The summed E-state index contributed by atoms with van der Waals surface area (Å²) in [5, 5.41) is 7.74. The normalized spacial score (nSPS) is 25.6. The zero-order valence-corrected chi connectivity index (χ0v) is 13.9. The molecule has 1 amide bonds. The summed E-state index contributed by atoms with van der Waals surface area (Å²) in [6, 6.07) is 0.772. The number of nitrogen functional groups attached to an aromatic ring is 1. The fourth-order valence-electron chi connectivity index (χ4n) is 2.74. The summed E-state index contributed by atoms with van der Waals surface area (Å²) in [6.07, 6.45) is 9.16. The van der Waals surface area contributed by atoms with Crippen molar-refractivity contribution in [3.05, 3.63) is 4.88 Å². The summed E-state index contributed by atoms with van der Waals surface area (Å²) in [7, 11) is 0. The number of thiazole rings is 1. The van der Waals surface area contributed by atoms with E-state index in [1.165, 1.54) is 43.4 Å². The highest BCUT2D eigenvalue weighted by Gasteiger charge is 2.28. The van der Waals surface area contributed by atoms with Gasteiger partial charge in [0.2, 0.25) is 0 Å². The minimum absolute atomic E-state index is 0.0696. The van der Waals surface area contributed by atoms with Crippen molar-refractivity contribution in [3.63, 3.8) is 0 Å². The molecule has 7 heteroatoms. The van der Waals surface area contributed by atoms with E-state index in [0.717, 1.165) is 11.6 Å². The van der Waals surface area contributed by atoms with Crippen LogP contribution in [0.1, 0.15) is 48.2 Å². The lowest BCUT2D eigenvalue weighted by Crippen LogP contribution is -2.43. The van der Waals surface area contributed by atoms with Crippen molar-refractivity contribution in [2.24, 2.45) is 0 Å². The van der Waals surface area contributed by atoms with E-state index in [9.17, 15) is 4.79 Å². The van der Waals surface area contributed by atoms with Crippen LogP contribution in [-0.4, -0.2) is 34.5 Å². The number of nitrogens with zero attached hydrogens (tertiary/aromatic N) is 1. The van der Waals surface area contributed by atoms with Crippen LogP contribution in [0.2, 0.25) is 0 Å². The van der Waals surface area contributed by atoms with Gasteiger partial charge in [-0.3, -0.25) is 4.79 Å². The second kappa shape index (κ2) is 6.44. The van der Waals surface area contributed by atoms with Gasteiger partial charge in [-0.25, -0.2) is 4.98 Å². The lowest BCUT2D eigenvalue weighted by molar-refractivity contribution is 0.0934. The monoisotopic (exact) mass is 326 g/mol. The molecule has 0 radical (unpaired) electrons. The highest BCUT2D eigenvalue weighted by atomic mass is 32.2. The number of hydrogen-bond donors (Lipinski definition) is 3. The Morgan fingerprint density at radius 1 is 1.33 bits per heavy atom. The van der Waals surface area contributed by atoms with Crippen molar-refractivity contribution < 1.29 is 4.79 Å². The summed E-state index contributed by atoms with van der Waals surface area (Å²) >= 11 is 3.21. The number of aromatic nitrogens is 1. The van der Waals surface area contributed by atoms with Crippen molar-refractivity contribution in [1.29, 1.82) is 0 Å². The fraction of sp³-hybridized carbons (Fsp3) is 0.714. The molecule has 3 rings (SSSR count). The predicted octanol–water partition coefficient (Wildman–Crippen LogP) is 2.70. The number of amides is 1. The standard InChI is InChI=1S/C14H22N4OS2/c1-20-10-5-3-2-4-9(10)17-13(19)11-12(15)18-14(21-11)16-8-6-7-8/h8-10H,2-7,15H2,1H3,(H,16,18)(H,17,19). The van der Waals surface area contributed by atoms with Crippen molar-refractivity contribution in [3.8, 4) is 0 Å². The molecule has 116 valence electrons. The van der Waals surface area contributed by atoms with Crippen LogP contribution >= 0.6 is 23.1 Å². The summed E-state index contributed by atoms with van der Waals surface area (Å²) in [5.74, 6) is 0.275. The first kappa shape index (κ1) is 15.0. The summed E-state index contributed by atoms with van der Waals surface area (Å²) in [4.78, 5) is 17.3. The maximum absolute atomic E-state index is 12.5. The zero-order valence-electron chi connectivity index (χ0n) is 12.2. The van der Waals surface area contributed by atoms with E-state index < -0.39 is 0 Å². The number of carbonyl (C=O) groups excluding carboxylic acids is 1. The average molecular weight is 326 g/mol. The van der Waals surface area contributed by atoms with Gasteiger partial charge in [0.25, 0.3) is 5.91 Å². The molecule has 1 aromatic heterocycles. The number of nitrogens with one attached hydrogen (secondary N) is 2. The second-order valence-electron chi connectivity index (χ2n) is 5.79. The van der Waals surface area contributed by atoms with E-state index in [1.807, 2.05) is 11.8 Å². The van der Waals surface area contributed by atoms with Crippen molar-refractivity contribution in [2.75, 3.05) is 17.3 Å². The van der Waals surface area contributed by atoms with E-state index in [-0.39, 0.29) is 11.9 Å². The van der Waals surface area contributed by atoms with Gasteiger partial charge in [-0.2, -0.15) is 11.8 Å². The number of thioether (sulfide) groups is 1. The maximum Gasteiger partial charge on any atom is 0.265 e. The molecule has 0 aliphatic heterocycles. The van der Waals surface area contributed by atoms with Gasteiger partial charge in [-0.15, -0.1) is 0 Å². The first-order valence-electron chi connectivity index (χ1n) is 7.54. The van der Waals surface area contributed by atoms with Crippen molar-refractivity contribution in [2.45, 2.75) is 55.9 Å². The molecule has 1 aromatic rings. The van der Waals surface area contributed by atoms with E-state index >= 15 is 0 Å². The Balaban J connectivity index is 1.65. The maximum atomic E-state index is 12.5. The SMILES string of the molecule is CSC1CCCCC1NC(=O)c1sc(NC2CC2)nc1N. The number of rotatable bonds is 5. The molecule has 5 nitrogen and oxygen atoms in total. The molecule has 0 spiro atoms. The minimum Gasteiger partial charge on any atom is -0.382 e. The van der Waals surface area contributed by atoms with Gasteiger partial charge >= 0.3 is 0 Å². The lowest BCUT2D eigenvalue weighted by atomic mass is 9.95. The van der Waals surface area contributed by atoms with Crippen LogP contribution in [-0.2, 0) is 0 Å². The molecule has 0 saturated heterocycles. The summed E-state index contributed by atoms with van der Waals surface area (Å²) < 4.78 is 0. The molecule has 2 fully saturated rings. The van der Waals surface area contributed by atoms with Gasteiger partial charge in [0.15, 0.2) is 5.13 Å². The van der Waals surface area contributed by atoms with Crippen LogP contribution in [0.5, 0.6) is 0 Å². The molecule has 21 heavy (non-hydrogen) atoms. The molecular weight excluding hydrogens is 304 g/mol. The zero-order chi connectivity index (χ0) is 14.8. The van der Waals surface area contributed by atoms with Crippen LogP contribution in [0.25, 0.3) is 0 Å². The molecular formula is C14H22N4OS2.